The van der Waals surface area contributed by atoms with E-state index in [1.54, 1.807) is 0 Å². The van der Waals surface area contributed by atoms with Crippen LogP contribution in [0.2, 0.25) is 0 Å². The van der Waals surface area contributed by atoms with Gasteiger partial charge in [0.1, 0.15) is 0 Å². The second-order valence-electron chi connectivity index (χ2n) is 22.6. The molecule has 0 saturated carbocycles. The monoisotopic (exact) mass is 1070 g/mol. The molecule has 12 aromatic carbocycles. The Bertz CT molecular complexity index is 4700. The minimum absolute atomic E-state index is 0.257. The maximum atomic E-state index is 2.65. The molecule has 0 aliphatic carbocycles. The quantitative estimate of drug-likeness (QED) is 0.113. The Morgan fingerprint density at radius 3 is 1.23 bits per heavy atom. The average molecular weight is 1070 g/mol. The maximum Gasteiger partial charge on any atom is 0.0543 e. The molecule has 0 bridgehead atoms. The Morgan fingerprint density at radius 1 is 0.362 bits per heavy atom. The summed E-state index contributed by atoms with van der Waals surface area (Å²) in [6, 6.07) is 78.8. The van der Waals surface area contributed by atoms with E-state index < -0.39 is 0 Å². The molecule has 0 aliphatic heterocycles. The van der Waals surface area contributed by atoms with Crippen LogP contribution in [-0.2, 0) is 12.8 Å². The molecule has 0 radical (unpaired) electrons. The fourth-order valence-corrected chi connectivity index (χ4v) is 15.8. The topological polar surface area (TPSA) is 6.48 Å². The van der Waals surface area contributed by atoms with Crippen LogP contribution in [0.1, 0.15) is 86.8 Å². The molecule has 2 aromatic heterocycles. The molecule has 80 heavy (non-hydrogen) atoms. The van der Waals surface area contributed by atoms with Gasteiger partial charge in [0.15, 0.2) is 0 Å². The Kier molecular flexibility index (Phi) is 12.4. The highest BCUT2D eigenvalue weighted by molar-refractivity contribution is 7.26. The van der Waals surface area contributed by atoms with Gasteiger partial charge < -0.3 is 9.80 Å². The zero-order chi connectivity index (χ0) is 54.5. The highest BCUT2D eigenvalue weighted by Crippen LogP contribution is 2.54. The van der Waals surface area contributed by atoms with E-state index in [4.69, 9.17) is 0 Å². The van der Waals surface area contributed by atoms with Crippen LogP contribution >= 0.6 is 22.7 Å². The smallest absolute Gasteiger partial charge is 0.0543 e. The molecule has 0 fully saturated rings. The van der Waals surface area contributed by atoms with Gasteiger partial charge in [-0.25, -0.2) is 0 Å². The first kappa shape index (κ1) is 50.0. The van der Waals surface area contributed by atoms with Gasteiger partial charge in [0, 0.05) is 62.5 Å². The SMILES string of the molecule is CCc1cccc(CC)c1N(c1cccc(-c2cccc3c2sc2ccccc23)c1)c1cc(C(C)C)c2ccc3c(N(c4cccc(-c5cccc6c5sc5ccccc56)c4)c4c(C)cccc4C)cc(C(C)C)c4ccc1c2c43. The molecule has 0 N–H and O–H groups in total. The van der Waals surface area contributed by atoms with Gasteiger partial charge in [-0.2, -0.15) is 0 Å². The van der Waals surface area contributed by atoms with Crippen LogP contribution < -0.4 is 9.80 Å². The third kappa shape index (κ3) is 7.93. The maximum absolute atomic E-state index is 2.65. The third-order valence-corrected chi connectivity index (χ3v) is 19.6. The summed E-state index contributed by atoms with van der Waals surface area (Å²) in [5.41, 5.74) is 20.1. The number of benzene rings is 12. The lowest BCUT2D eigenvalue weighted by Gasteiger charge is -2.34. The third-order valence-electron chi connectivity index (χ3n) is 17.1. The minimum Gasteiger partial charge on any atom is -0.309 e. The lowest BCUT2D eigenvalue weighted by molar-refractivity contribution is 0.875. The summed E-state index contributed by atoms with van der Waals surface area (Å²) in [5.74, 6) is 0.514. The number of hydrogen-bond donors (Lipinski definition) is 0. The molecular weight excluding hydrogens is 1000 g/mol. The predicted octanol–water partition coefficient (Wildman–Crippen LogP) is 23.6. The fraction of sp³-hybridized carbons (Fsp3) is 0.158. The van der Waals surface area contributed by atoms with Gasteiger partial charge in [0.05, 0.1) is 22.7 Å². The van der Waals surface area contributed by atoms with Crippen LogP contribution in [0.15, 0.2) is 206 Å². The van der Waals surface area contributed by atoms with Crippen molar-refractivity contribution in [1.29, 1.82) is 0 Å². The first-order valence-corrected chi connectivity index (χ1v) is 30.3. The van der Waals surface area contributed by atoms with Crippen molar-refractivity contribution in [3.05, 3.63) is 240 Å². The standard InChI is InChI=1S/C76H64N2S2/c1-9-49-23-16-24-50(10-2)74(49)78(54-28-18-26-52(42-54)56-32-20-34-62-58-30-12-14-36-70(58)80-76(56)62)68-44-66(46(5)6)60-37-39-63-67(43-65(45(3)4)59-38-40-64(68)72(60)71(59)63)77(73-47(7)21-15-22-48(73)8)53-27-17-25-51(41-53)55-31-19-33-61-57-29-11-13-35-69(57)79-75(55)61/h11-46H,9-10H2,1-8H3. The summed E-state index contributed by atoms with van der Waals surface area (Å²) < 4.78 is 5.30. The van der Waals surface area contributed by atoms with Crippen molar-refractivity contribution in [2.75, 3.05) is 9.80 Å². The van der Waals surface area contributed by atoms with Gasteiger partial charge in [0.2, 0.25) is 0 Å². The molecule has 2 heterocycles. The molecule has 4 heteroatoms. The summed E-state index contributed by atoms with van der Waals surface area (Å²) in [6.45, 7) is 18.7. The zero-order valence-corrected chi connectivity index (χ0v) is 48.5. The van der Waals surface area contributed by atoms with Gasteiger partial charge in [-0.1, -0.05) is 199 Å². The molecule has 0 unspecified atom stereocenters. The van der Waals surface area contributed by atoms with Crippen molar-refractivity contribution in [3.8, 4) is 22.3 Å². The molecule has 14 rings (SSSR count). The van der Waals surface area contributed by atoms with Crippen LogP contribution in [0.3, 0.4) is 0 Å². The van der Waals surface area contributed by atoms with Gasteiger partial charge in [-0.15, -0.1) is 22.7 Å². The number of fused-ring (bicyclic) bond motifs is 6. The van der Waals surface area contributed by atoms with Crippen molar-refractivity contribution in [2.24, 2.45) is 0 Å². The van der Waals surface area contributed by atoms with Gasteiger partial charge in [-0.05, 0) is 164 Å². The number of nitrogens with zero attached hydrogens (tertiary/aromatic N) is 2. The van der Waals surface area contributed by atoms with E-state index >= 15 is 0 Å². The van der Waals surface area contributed by atoms with E-state index in [9.17, 15) is 0 Å². The number of rotatable bonds is 12. The Balaban J connectivity index is 1.05. The largest absolute Gasteiger partial charge is 0.309 e. The fourth-order valence-electron chi connectivity index (χ4n) is 13.3. The highest BCUT2D eigenvalue weighted by Gasteiger charge is 2.29. The first-order chi connectivity index (χ1) is 39.1. The van der Waals surface area contributed by atoms with Crippen molar-refractivity contribution in [2.45, 2.75) is 80.1 Å². The molecule has 2 nitrogen and oxygen atoms in total. The lowest BCUT2D eigenvalue weighted by atomic mass is 9.83. The van der Waals surface area contributed by atoms with E-state index in [0.717, 1.165) is 24.2 Å². The number of aryl methyl sites for hydroxylation is 4. The molecule has 0 amide bonds. The van der Waals surface area contributed by atoms with Gasteiger partial charge in [0.25, 0.3) is 0 Å². The summed E-state index contributed by atoms with van der Waals surface area (Å²) in [4.78, 5) is 5.25. The minimum atomic E-state index is 0.257. The normalized spacial score (nSPS) is 12.1. The summed E-state index contributed by atoms with van der Waals surface area (Å²) in [7, 11) is 0. The van der Waals surface area contributed by atoms with Gasteiger partial charge in [-0.3, -0.25) is 0 Å². The van der Waals surface area contributed by atoms with Crippen LogP contribution in [0.4, 0.5) is 34.1 Å². The first-order valence-electron chi connectivity index (χ1n) is 28.7. The Morgan fingerprint density at radius 2 is 0.762 bits per heavy atom. The molecule has 390 valence electrons. The molecule has 0 aliphatic rings. The number of hydrogen-bond acceptors (Lipinski definition) is 4. The van der Waals surface area contributed by atoms with Crippen LogP contribution in [0, 0.1) is 13.8 Å². The number of para-hydroxylation sites is 2. The van der Waals surface area contributed by atoms with Crippen LogP contribution in [0.5, 0.6) is 0 Å². The van der Waals surface area contributed by atoms with E-state index in [1.807, 2.05) is 22.7 Å². The highest BCUT2D eigenvalue weighted by atomic mass is 32.1. The van der Waals surface area contributed by atoms with Crippen molar-refractivity contribution < 1.29 is 0 Å². The molecule has 0 spiro atoms. The lowest BCUT2D eigenvalue weighted by Crippen LogP contribution is -2.16. The van der Waals surface area contributed by atoms with E-state index in [-0.39, 0.29) is 11.8 Å². The van der Waals surface area contributed by atoms with Gasteiger partial charge >= 0.3 is 0 Å². The van der Waals surface area contributed by atoms with E-state index in [2.05, 4.69) is 271 Å². The van der Waals surface area contributed by atoms with E-state index in [0.29, 0.717) is 0 Å². The number of anilines is 6. The van der Waals surface area contributed by atoms with Crippen LogP contribution in [0.25, 0.3) is 94.9 Å². The molecule has 14 aromatic rings. The Labute approximate surface area is 478 Å². The van der Waals surface area contributed by atoms with Crippen LogP contribution in [-0.4, -0.2) is 0 Å². The Hall–Kier alpha value is -8.28. The molecule has 0 atom stereocenters. The second kappa shape index (κ2) is 19.8. The second-order valence-corrected chi connectivity index (χ2v) is 24.7. The number of thiophene rings is 2. The summed E-state index contributed by atoms with van der Waals surface area (Å²) in [6.07, 6.45) is 1.83. The van der Waals surface area contributed by atoms with Crippen molar-refractivity contribution in [1.82, 2.24) is 0 Å². The summed E-state index contributed by atoms with van der Waals surface area (Å²) in [5, 5.41) is 13.1. The summed E-state index contributed by atoms with van der Waals surface area (Å²) >= 11 is 3.80. The zero-order valence-electron chi connectivity index (χ0n) is 46.9. The molecule has 0 saturated heterocycles. The molecular formula is C76H64N2S2. The average Bonchev–Trinajstić information content (AvgIpc) is 4.19. The predicted molar refractivity (Wildman–Crippen MR) is 353 cm³/mol. The van der Waals surface area contributed by atoms with Crippen molar-refractivity contribution in [3.63, 3.8) is 0 Å². The van der Waals surface area contributed by atoms with Crippen molar-refractivity contribution >= 4 is 129 Å². The van der Waals surface area contributed by atoms with E-state index in [1.165, 1.54) is 151 Å².